The summed E-state index contributed by atoms with van der Waals surface area (Å²) in [4.78, 5) is 13.1. The number of benzene rings is 3. The number of aliphatic hydroxyl groups is 1. The van der Waals surface area contributed by atoms with Crippen molar-refractivity contribution in [1.82, 2.24) is 9.88 Å². The first kappa shape index (κ1) is 20.5. The lowest BCUT2D eigenvalue weighted by Gasteiger charge is -2.13. The number of aromatic nitrogens is 1. The number of aryl methyl sites for hydroxylation is 1. The molecular formula is C28H28N2O3. The van der Waals surface area contributed by atoms with Crippen LogP contribution in [0.3, 0.4) is 0 Å². The zero-order chi connectivity index (χ0) is 22.7. The average Bonchev–Trinajstić information content (AvgIpc) is 3.47. The molecule has 1 aromatic heterocycles. The van der Waals surface area contributed by atoms with Gasteiger partial charge in [0, 0.05) is 48.0 Å². The van der Waals surface area contributed by atoms with Gasteiger partial charge in [0.2, 0.25) is 0 Å². The summed E-state index contributed by atoms with van der Waals surface area (Å²) in [5.41, 5.74) is 10.2. The number of hydrogen-bond donors (Lipinski definition) is 2. The molecule has 2 aliphatic rings. The molecule has 1 aliphatic carbocycles. The summed E-state index contributed by atoms with van der Waals surface area (Å²) in [6, 6.07) is 14.8. The summed E-state index contributed by atoms with van der Waals surface area (Å²) in [5.74, 6) is 0.0204. The summed E-state index contributed by atoms with van der Waals surface area (Å²) in [6.07, 6.45) is 1.63. The van der Waals surface area contributed by atoms with Crippen LogP contribution in [0.25, 0.3) is 32.9 Å². The highest BCUT2D eigenvalue weighted by molar-refractivity contribution is 6.20. The van der Waals surface area contributed by atoms with E-state index in [1.807, 2.05) is 0 Å². The third-order valence-electron chi connectivity index (χ3n) is 7.04. The number of carbonyl (C=O) groups is 1. The molecule has 5 heteroatoms. The molecule has 3 aromatic carbocycles. The molecule has 0 saturated carbocycles. The largest absolute Gasteiger partial charge is 0.396 e. The van der Waals surface area contributed by atoms with Gasteiger partial charge in [0.05, 0.1) is 23.8 Å². The van der Waals surface area contributed by atoms with Crippen molar-refractivity contribution in [3.8, 4) is 11.1 Å². The zero-order valence-corrected chi connectivity index (χ0v) is 19.1. The Labute approximate surface area is 193 Å². The average molecular weight is 441 g/mol. The number of ether oxygens (including phenoxy) is 1. The Kier molecular flexibility index (Phi) is 4.78. The maximum absolute atomic E-state index is 13.1. The molecule has 0 atom stereocenters. The quantitative estimate of drug-likeness (QED) is 0.394. The van der Waals surface area contributed by atoms with Gasteiger partial charge in [0.25, 0.3) is 5.91 Å². The van der Waals surface area contributed by atoms with E-state index in [-0.39, 0.29) is 18.6 Å². The summed E-state index contributed by atoms with van der Waals surface area (Å²) < 4.78 is 8.40. The van der Waals surface area contributed by atoms with E-state index in [0.29, 0.717) is 19.6 Å². The Morgan fingerprint density at radius 1 is 1.06 bits per heavy atom. The first-order chi connectivity index (χ1) is 16.1. The Bertz CT molecular complexity index is 1430. The number of hydrogen-bond acceptors (Lipinski definition) is 3. The van der Waals surface area contributed by atoms with Gasteiger partial charge in [0.1, 0.15) is 0 Å². The molecule has 5 nitrogen and oxygen atoms in total. The van der Waals surface area contributed by atoms with Crippen LogP contribution in [0.5, 0.6) is 0 Å². The van der Waals surface area contributed by atoms with Crippen molar-refractivity contribution in [2.75, 3.05) is 6.61 Å². The minimum Gasteiger partial charge on any atom is -0.396 e. The molecule has 168 valence electrons. The fourth-order valence-electron chi connectivity index (χ4n) is 5.73. The van der Waals surface area contributed by atoms with Gasteiger partial charge in [0.15, 0.2) is 0 Å². The molecule has 33 heavy (non-hydrogen) atoms. The van der Waals surface area contributed by atoms with Crippen LogP contribution in [0, 0.1) is 0 Å². The van der Waals surface area contributed by atoms with Crippen LogP contribution in [0.15, 0.2) is 42.5 Å². The van der Waals surface area contributed by atoms with Crippen molar-refractivity contribution in [3.05, 3.63) is 70.3 Å². The first-order valence-corrected chi connectivity index (χ1v) is 11.8. The van der Waals surface area contributed by atoms with Gasteiger partial charge >= 0.3 is 0 Å². The molecule has 0 saturated heterocycles. The smallest absolute Gasteiger partial charge is 0.252 e. The normalized spacial score (nSPS) is 14.2. The van der Waals surface area contributed by atoms with Crippen LogP contribution < -0.4 is 5.32 Å². The molecule has 0 bridgehead atoms. The lowest BCUT2D eigenvalue weighted by atomic mass is 9.91. The van der Waals surface area contributed by atoms with Gasteiger partial charge in [-0.15, -0.1) is 0 Å². The summed E-state index contributed by atoms with van der Waals surface area (Å²) in [7, 11) is 0. The van der Waals surface area contributed by atoms with Crippen LogP contribution in [-0.2, 0) is 30.9 Å². The SMILES string of the molecule is CC(C)OCc1cccc2c1c1c3c(c4c(c1n2CCCO)Cc1ccccc1-4)C(=O)NC3. The maximum Gasteiger partial charge on any atom is 0.252 e. The highest BCUT2D eigenvalue weighted by Gasteiger charge is 2.35. The van der Waals surface area contributed by atoms with Crippen molar-refractivity contribution >= 4 is 27.7 Å². The fourth-order valence-corrected chi connectivity index (χ4v) is 5.73. The third-order valence-corrected chi connectivity index (χ3v) is 7.04. The summed E-state index contributed by atoms with van der Waals surface area (Å²) >= 11 is 0. The molecule has 1 amide bonds. The lowest BCUT2D eigenvalue weighted by molar-refractivity contribution is 0.0664. The van der Waals surface area contributed by atoms with Crippen LogP contribution >= 0.6 is 0 Å². The number of aliphatic hydroxyl groups excluding tert-OH is 1. The van der Waals surface area contributed by atoms with E-state index >= 15 is 0 Å². The molecule has 6 rings (SSSR count). The van der Waals surface area contributed by atoms with Crippen molar-refractivity contribution < 1.29 is 14.6 Å². The van der Waals surface area contributed by atoms with E-state index in [1.165, 1.54) is 33.0 Å². The molecule has 1 aliphatic heterocycles. The zero-order valence-electron chi connectivity index (χ0n) is 19.1. The van der Waals surface area contributed by atoms with Crippen molar-refractivity contribution in [2.24, 2.45) is 0 Å². The number of rotatable bonds is 6. The Balaban J connectivity index is 1.76. The van der Waals surface area contributed by atoms with E-state index in [4.69, 9.17) is 4.74 Å². The summed E-state index contributed by atoms with van der Waals surface area (Å²) in [6.45, 7) is 6.04. The number of carbonyl (C=O) groups excluding carboxylic acids is 1. The second-order valence-corrected chi connectivity index (χ2v) is 9.35. The van der Waals surface area contributed by atoms with Crippen molar-refractivity contribution in [3.63, 3.8) is 0 Å². The summed E-state index contributed by atoms with van der Waals surface area (Å²) in [5, 5.41) is 15.1. The van der Waals surface area contributed by atoms with E-state index in [9.17, 15) is 9.90 Å². The van der Waals surface area contributed by atoms with Crippen LogP contribution in [0.2, 0.25) is 0 Å². The minimum atomic E-state index is 0.0204. The maximum atomic E-state index is 13.1. The van der Waals surface area contributed by atoms with Gasteiger partial charge in [-0.1, -0.05) is 36.4 Å². The van der Waals surface area contributed by atoms with Crippen molar-refractivity contribution in [1.29, 1.82) is 0 Å². The van der Waals surface area contributed by atoms with Gasteiger partial charge < -0.3 is 19.7 Å². The Morgan fingerprint density at radius 3 is 2.73 bits per heavy atom. The lowest BCUT2D eigenvalue weighted by Crippen LogP contribution is -2.13. The van der Waals surface area contributed by atoms with Crippen LogP contribution in [-0.4, -0.2) is 28.3 Å². The Morgan fingerprint density at radius 2 is 1.91 bits per heavy atom. The Hall–Kier alpha value is -3.15. The number of nitrogens with zero attached hydrogens (tertiary/aromatic N) is 1. The molecule has 0 radical (unpaired) electrons. The van der Waals surface area contributed by atoms with Gasteiger partial charge in [-0.25, -0.2) is 0 Å². The molecule has 4 aromatic rings. The van der Waals surface area contributed by atoms with Gasteiger partial charge in [-0.2, -0.15) is 0 Å². The van der Waals surface area contributed by atoms with E-state index in [2.05, 4.69) is 66.2 Å². The molecular weight excluding hydrogens is 412 g/mol. The van der Waals surface area contributed by atoms with Crippen LogP contribution in [0.4, 0.5) is 0 Å². The third kappa shape index (κ3) is 2.96. The van der Waals surface area contributed by atoms with Crippen LogP contribution in [0.1, 0.15) is 52.9 Å². The second-order valence-electron chi connectivity index (χ2n) is 9.35. The standard InChI is InChI=1S/C28H28N2O3/c1-16(2)33-15-18-8-5-10-22-23(18)25-21-14-29-28(32)26(21)24-19-9-4-3-7-17(19)13-20(24)27(25)30(22)11-6-12-31/h3-5,7-10,16,31H,6,11-15H2,1-2H3,(H,29,32). The topological polar surface area (TPSA) is 63.5 Å². The number of amides is 1. The van der Waals surface area contributed by atoms with Gasteiger partial charge in [-0.05, 0) is 54.2 Å². The van der Waals surface area contributed by atoms with E-state index < -0.39 is 0 Å². The fraction of sp³-hybridized carbons (Fsp3) is 0.321. The molecule has 2 N–H and O–H groups in total. The van der Waals surface area contributed by atoms with E-state index in [1.54, 1.807) is 0 Å². The minimum absolute atomic E-state index is 0.0204. The number of nitrogens with one attached hydrogen (secondary N) is 1. The molecule has 2 heterocycles. The van der Waals surface area contributed by atoms with Gasteiger partial charge in [-0.3, -0.25) is 4.79 Å². The molecule has 0 fully saturated rings. The number of fused-ring (bicyclic) bond motifs is 10. The first-order valence-electron chi connectivity index (χ1n) is 11.8. The highest BCUT2D eigenvalue weighted by Crippen LogP contribution is 2.49. The molecule has 0 spiro atoms. The highest BCUT2D eigenvalue weighted by atomic mass is 16.5. The second kappa shape index (κ2) is 7.72. The van der Waals surface area contributed by atoms with E-state index in [0.717, 1.165) is 40.7 Å². The monoisotopic (exact) mass is 440 g/mol. The predicted molar refractivity (Wildman–Crippen MR) is 130 cm³/mol. The molecule has 0 unspecified atom stereocenters. The predicted octanol–water partition coefficient (Wildman–Crippen LogP) is 4.92. The van der Waals surface area contributed by atoms with Crippen molar-refractivity contribution in [2.45, 2.75) is 52.5 Å².